The van der Waals surface area contributed by atoms with E-state index in [1.807, 2.05) is 32.9 Å². The number of rotatable bonds is 5. The third kappa shape index (κ3) is 4.57. The van der Waals surface area contributed by atoms with Crippen molar-refractivity contribution in [3.63, 3.8) is 0 Å². The zero-order valence-electron chi connectivity index (χ0n) is 16.0. The van der Waals surface area contributed by atoms with Gasteiger partial charge in [-0.25, -0.2) is 0 Å². The van der Waals surface area contributed by atoms with Gasteiger partial charge in [-0.2, -0.15) is 0 Å². The predicted molar refractivity (Wildman–Crippen MR) is 110 cm³/mol. The summed E-state index contributed by atoms with van der Waals surface area (Å²) >= 11 is 0. The SMILES string of the molecule is Cc1ccc(C)c(NC(=O)C(C)Nc2ccc(N3CCCCC3)cc2)c1. The highest BCUT2D eigenvalue weighted by Crippen LogP contribution is 2.22. The van der Waals surface area contributed by atoms with Gasteiger partial charge in [-0.15, -0.1) is 0 Å². The van der Waals surface area contributed by atoms with E-state index in [1.165, 1.54) is 24.9 Å². The van der Waals surface area contributed by atoms with Crippen molar-refractivity contribution in [2.24, 2.45) is 0 Å². The molecule has 1 aliphatic heterocycles. The number of carbonyl (C=O) groups is 1. The van der Waals surface area contributed by atoms with E-state index in [-0.39, 0.29) is 11.9 Å². The van der Waals surface area contributed by atoms with Gasteiger partial charge in [0.2, 0.25) is 5.91 Å². The van der Waals surface area contributed by atoms with E-state index in [2.05, 4.69) is 45.9 Å². The van der Waals surface area contributed by atoms with E-state index in [0.717, 1.165) is 35.6 Å². The summed E-state index contributed by atoms with van der Waals surface area (Å²) in [6.07, 6.45) is 3.88. The van der Waals surface area contributed by atoms with Crippen LogP contribution in [0.1, 0.15) is 37.3 Å². The molecule has 4 heteroatoms. The molecule has 3 rings (SSSR count). The van der Waals surface area contributed by atoms with Gasteiger partial charge in [0.1, 0.15) is 6.04 Å². The monoisotopic (exact) mass is 351 g/mol. The van der Waals surface area contributed by atoms with E-state index in [0.29, 0.717) is 0 Å². The molecule has 0 saturated carbocycles. The molecule has 1 atom stereocenters. The first-order valence-corrected chi connectivity index (χ1v) is 9.52. The number of aryl methyl sites for hydroxylation is 2. The van der Waals surface area contributed by atoms with Crippen LogP contribution in [-0.4, -0.2) is 25.0 Å². The van der Waals surface area contributed by atoms with Gasteiger partial charge in [-0.05, 0) is 81.5 Å². The minimum atomic E-state index is -0.309. The molecule has 2 aromatic carbocycles. The molecule has 1 saturated heterocycles. The van der Waals surface area contributed by atoms with Crippen LogP contribution >= 0.6 is 0 Å². The molecule has 0 spiro atoms. The van der Waals surface area contributed by atoms with Gasteiger partial charge in [0.15, 0.2) is 0 Å². The zero-order valence-corrected chi connectivity index (χ0v) is 16.0. The number of benzene rings is 2. The lowest BCUT2D eigenvalue weighted by Gasteiger charge is -2.29. The van der Waals surface area contributed by atoms with Gasteiger partial charge < -0.3 is 15.5 Å². The van der Waals surface area contributed by atoms with Gasteiger partial charge in [0, 0.05) is 30.2 Å². The zero-order chi connectivity index (χ0) is 18.5. The van der Waals surface area contributed by atoms with Crippen molar-refractivity contribution in [2.75, 3.05) is 28.6 Å². The Hall–Kier alpha value is -2.49. The van der Waals surface area contributed by atoms with E-state index in [9.17, 15) is 4.79 Å². The molecular formula is C22H29N3O. The Morgan fingerprint density at radius 3 is 2.38 bits per heavy atom. The van der Waals surface area contributed by atoms with Gasteiger partial charge in [0.25, 0.3) is 0 Å². The Kier molecular flexibility index (Phi) is 5.82. The summed E-state index contributed by atoms with van der Waals surface area (Å²) in [5.74, 6) is -0.0289. The van der Waals surface area contributed by atoms with Crippen molar-refractivity contribution in [3.8, 4) is 0 Å². The minimum absolute atomic E-state index is 0.0289. The van der Waals surface area contributed by atoms with Crippen LogP contribution in [0.3, 0.4) is 0 Å². The summed E-state index contributed by atoms with van der Waals surface area (Å²) in [5.41, 5.74) is 5.32. The molecule has 2 N–H and O–H groups in total. The maximum Gasteiger partial charge on any atom is 0.246 e. The first kappa shape index (κ1) is 18.3. The number of nitrogens with one attached hydrogen (secondary N) is 2. The molecule has 1 heterocycles. The van der Waals surface area contributed by atoms with Crippen LogP contribution in [0.4, 0.5) is 17.1 Å². The maximum atomic E-state index is 12.5. The summed E-state index contributed by atoms with van der Waals surface area (Å²) in [7, 11) is 0. The average molecular weight is 351 g/mol. The third-order valence-corrected chi connectivity index (χ3v) is 5.02. The first-order valence-electron chi connectivity index (χ1n) is 9.52. The van der Waals surface area contributed by atoms with Crippen molar-refractivity contribution in [3.05, 3.63) is 53.6 Å². The van der Waals surface area contributed by atoms with Crippen LogP contribution in [-0.2, 0) is 4.79 Å². The predicted octanol–water partition coefficient (Wildman–Crippen LogP) is 4.73. The molecule has 1 unspecified atom stereocenters. The lowest BCUT2D eigenvalue weighted by molar-refractivity contribution is -0.116. The summed E-state index contributed by atoms with van der Waals surface area (Å²) in [6, 6.07) is 14.2. The molecule has 0 bridgehead atoms. The molecule has 2 aromatic rings. The second-order valence-electron chi connectivity index (χ2n) is 7.27. The van der Waals surface area contributed by atoms with Gasteiger partial charge in [-0.3, -0.25) is 4.79 Å². The number of piperidine rings is 1. The molecule has 1 aliphatic rings. The highest BCUT2D eigenvalue weighted by atomic mass is 16.2. The highest BCUT2D eigenvalue weighted by Gasteiger charge is 2.15. The van der Waals surface area contributed by atoms with Gasteiger partial charge >= 0.3 is 0 Å². The summed E-state index contributed by atoms with van der Waals surface area (Å²) < 4.78 is 0. The van der Waals surface area contributed by atoms with Crippen LogP contribution < -0.4 is 15.5 Å². The first-order chi connectivity index (χ1) is 12.5. The van der Waals surface area contributed by atoms with Crippen LogP contribution in [0, 0.1) is 13.8 Å². The number of nitrogens with zero attached hydrogens (tertiary/aromatic N) is 1. The Morgan fingerprint density at radius 2 is 1.69 bits per heavy atom. The Bertz CT molecular complexity index is 748. The second-order valence-corrected chi connectivity index (χ2v) is 7.27. The van der Waals surface area contributed by atoms with E-state index < -0.39 is 0 Å². The molecule has 1 amide bonds. The van der Waals surface area contributed by atoms with E-state index >= 15 is 0 Å². The standard InChI is InChI=1S/C22H29N3O/c1-16-7-8-17(2)21(15-16)24-22(26)18(3)23-19-9-11-20(12-10-19)25-13-5-4-6-14-25/h7-12,15,18,23H,4-6,13-14H2,1-3H3,(H,24,26). The number of amides is 1. The van der Waals surface area contributed by atoms with Gasteiger partial charge in [-0.1, -0.05) is 12.1 Å². The summed E-state index contributed by atoms with van der Waals surface area (Å²) in [4.78, 5) is 14.9. The normalized spacial score (nSPS) is 15.4. The second kappa shape index (κ2) is 8.26. The minimum Gasteiger partial charge on any atom is -0.374 e. The van der Waals surface area contributed by atoms with Crippen molar-refractivity contribution in [1.29, 1.82) is 0 Å². The fourth-order valence-electron chi connectivity index (χ4n) is 3.35. The van der Waals surface area contributed by atoms with Crippen LogP contribution in [0.15, 0.2) is 42.5 Å². The third-order valence-electron chi connectivity index (χ3n) is 5.02. The van der Waals surface area contributed by atoms with E-state index in [1.54, 1.807) is 0 Å². The van der Waals surface area contributed by atoms with Crippen molar-refractivity contribution in [1.82, 2.24) is 0 Å². The summed E-state index contributed by atoms with van der Waals surface area (Å²) in [5, 5.41) is 6.32. The molecule has 26 heavy (non-hydrogen) atoms. The smallest absolute Gasteiger partial charge is 0.246 e. The molecule has 1 fully saturated rings. The molecule has 0 aliphatic carbocycles. The van der Waals surface area contributed by atoms with Crippen molar-refractivity contribution < 1.29 is 4.79 Å². The largest absolute Gasteiger partial charge is 0.374 e. The maximum absolute atomic E-state index is 12.5. The quantitative estimate of drug-likeness (QED) is 0.818. The molecule has 138 valence electrons. The molecule has 0 radical (unpaired) electrons. The number of hydrogen-bond donors (Lipinski definition) is 2. The lowest BCUT2D eigenvalue weighted by atomic mass is 10.1. The van der Waals surface area contributed by atoms with Crippen molar-refractivity contribution in [2.45, 2.75) is 46.1 Å². The highest BCUT2D eigenvalue weighted by molar-refractivity contribution is 5.96. The average Bonchev–Trinajstić information content (AvgIpc) is 2.66. The van der Waals surface area contributed by atoms with Crippen LogP contribution in [0.2, 0.25) is 0 Å². The number of hydrogen-bond acceptors (Lipinski definition) is 3. The van der Waals surface area contributed by atoms with Crippen LogP contribution in [0.5, 0.6) is 0 Å². The Labute approximate surface area is 156 Å². The number of carbonyl (C=O) groups excluding carboxylic acids is 1. The Balaban J connectivity index is 1.59. The fraction of sp³-hybridized carbons (Fsp3) is 0.409. The molecule has 4 nitrogen and oxygen atoms in total. The van der Waals surface area contributed by atoms with Crippen LogP contribution in [0.25, 0.3) is 0 Å². The van der Waals surface area contributed by atoms with E-state index in [4.69, 9.17) is 0 Å². The summed E-state index contributed by atoms with van der Waals surface area (Å²) in [6.45, 7) is 8.20. The molecular weight excluding hydrogens is 322 g/mol. The molecule has 0 aromatic heterocycles. The van der Waals surface area contributed by atoms with Gasteiger partial charge in [0.05, 0.1) is 0 Å². The number of anilines is 3. The lowest BCUT2D eigenvalue weighted by Crippen LogP contribution is -2.32. The Morgan fingerprint density at radius 1 is 1.00 bits per heavy atom. The van der Waals surface area contributed by atoms with Crippen molar-refractivity contribution >= 4 is 23.0 Å². The topological polar surface area (TPSA) is 44.4 Å². The fourth-order valence-corrected chi connectivity index (χ4v) is 3.35.